The molecule has 8 rings (SSSR count). The summed E-state index contributed by atoms with van der Waals surface area (Å²) >= 11 is 0. The summed E-state index contributed by atoms with van der Waals surface area (Å²) in [6, 6.07) is 27.7. The number of rotatable bonds is 7. The van der Waals surface area contributed by atoms with Crippen LogP contribution >= 0.6 is 0 Å². The maximum absolute atomic E-state index is 15.1. The average Bonchev–Trinajstić information content (AvgIpc) is 3.54. The molecule has 12 heteroatoms. The lowest BCUT2D eigenvalue weighted by Crippen LogP contribution is -2.46. The molecule has 4 aromatic carbocycles. The van der Waals surface area contributed by atoms with Gasteiger partial charge < -0.3 is 29.0 Å². The van der Waals surface area contributed by atoms with Gasteiger partial charge in [-0.15, -0.1) is 0 Å². The lowest BCUT2D eigenvalue weighted by Gasteiger charge is -2.33. The summed E-state index contributed by atoms with van der Waals surface area (Å²) < 4.78 is 18.2. The van der Waals surface area contributed by atoms with Crippen LogP contribution in [0.2, 0.25) is 18.6 Å². The van der Waals surface area contributed by atoms with Crippen molar-refractivity contribution in [3.05, 3.63) is 102 Å². The van der Waals surface area contributed by atoms with Gasteiger partial charge in [0.15, 0.2) is 27.1 Å². The third-order valence-electron chi connectivity index (χ3n) is 10.6. The first-order valence-corrected chi connectivity index (χ1v) is 20.2. The maximum Gasteiger partial charge on any atom is 0.269 e. The quantitative estimate of drug-likeness (QED) is 0.241. The first-order chi connectivity index (χ1) is 24.5. The Morgan fingerprint density at radius 3 is 2.00 bits per heavy atom. The second kappa shape index (κ2) is 12.3. The van der Waals surface area contributed by atoms with Crippen LogP contribution < -0.4 is 24.2 Å². The fourth-order valence-corrected chi connectivity index (χ4v) is 11.1. The van der Waals surface area contributed by atoms with Crippen LogP contribution in [-0.4, -0.2) is 61.9 Å². The molecule has 0 saturated carbocycles. The topological polar surface area (TPSA) is 129 Å². The number of nitrogens with zero attached hydrogens (tertiary/aromatic N) is 3. The highest BCUT2D eigenvalue weighted by atomic mass is 28.4. The number of ether oxygens (including phenoxy) is 3. The van der Waals surface area contributed by atoms with Gasteiger partial charge in [0.05, 0.1) is 29.7 Å². The monoisotopic (exact) mass is 705 g/mol. The average molecular weight is 706 g/mol. The standard InChI is InChI=1S/C39H39N3O8Si/c1-24-37(51(2,3)47)34(17-18-43)50-39(24)28-20-27(42-31-12-5-7-14-33(31)49-23-36(42)45)15-16-29(28)40(38(39)46)21-25-9-8-10-26(19-25)41-30-11-4-6-13-32(30)48-22-35(41)44/h4-16,19-20,24,34,37,43,47H,17-18,21-23H2,1-3H3/t24-,34+,37-,39+/m1/s1. The van der Waals surface area contributed by atoms with E-state index in [4.69, 9.17) is 14.2 Å². The smallest absolute Gasteiger partial charge is 0.269 e. The van der Waals surface area contributed by atoms with Crippen LogP contribution in [0.15, 0.2) is 91.0 Å². The molecule has 1 fully saturated rings. The molecule has 0 unspecified atom stereocenters. The Hall–Kier alpha value is -5.01. The van der Waals surface area contributed by atoms with Crippen molar-refractivity contribution in [2.24, 2.45) is 5.92 Å². The van der Waals surface area contributed by atoms with Gasteiger partial charge in [-0.05, 0) is 79.7 Å². The van der Waals surface area contributed by atoms with Crippen LogP contribution in [0.3, 0.4) is 0 Å². The summed E-state index contributed by atoms with van der Waals surface area (Å²) in [5.41, 5.74) is 2.64. The molecule has 4 atom stereocenters. The Morgan fingerprint density at radius 2 is 1.39 bits per heavy atom. The Labute approximate surface area is 296 Å². The minimum absolute atomic E-state index is 0.0872. The summed E-state index contributed by atoms with van der Waals surface area (Å²) in [4.78, 5) is 58.1. The molecule has 4 aliphatic rings. The molecule has 262 valence electrons. The molecule has 4 aliphatic heterocycles. The van der Waals surface area contributed by atoms with E-state index in [9.17, 15) is 19.5 Å². The maximum atomic E-state index is 15.1. The van der Waals surface area contributed by atoms with Crippen molar-refractivity contribution in [3.8, 4) is 11.5 Å². The molecule has 3 amide bonds. The highest BCUT2D eigenvalue weighted by Crippen LogP contribution is 2.60. The number of amides is 3. The summed E-state index contributed by atoms with van der Waals surface area (Å²) in [6.07, 6.45) is -0.291. The van der Waals surface area contributed by atoms with Gasteiger partial charge in [0.2, 0.25) is 0 Å². The van der Waals surface area contributed by atoms with Crippen LogP contribution in [0.5, 0.6) is 11.5 Å². The summed E-state index contributed by atoms with van der Waals surface area (Å²) in [6.45, 7) is 5.43. The molecule has 4 heterocycles. The van der Waals surface area contributed by atoms with E-state index >= 15 is 4.79 Å². The van der Waals surface area contributed by atoms with Crippen molar-refractivity contribution in [2.75, 3.05) is 34.5 Å². The van der Waals surface area contributed by atoms with E-state index in [1.807, 2.05) is 111 Å². The van der Waals surface area contributed by atoms with Crippen LogP contribution in [0.25, 0.3) is 0 Å². The molecule has 51 heavy (non-hydrogen) atoms. The molecule has 1 spiro atoms. The van der Waals surface area contributed by atoms with E-state index < -0.39 is 25.9 Å². The molecule has 0 aliphatic carbocycles. The number of benzene rings is 4. The number of carbonyl (C=O) groups is 3. The Morgan fingerprint density at radius 1 is 0.784 bits per heavy atom. The summed E-state index contributed by atoms with van der Waals surface area (Å²) in [5.74, 6) is 0.00336. The van der Waals surface area contributed by atoms with Crippen LogP contribution in [0, 0.1) is 5.92 Å². The Kier molecular flexibility index (Phi) is 8.02. The zero-order chi connectivity index (χ0) is 35.7. The molecule has 1 saturated heterocycles. The highest BCUT2D eigenvalue weighted by molar-refractivity contribution is 6.71. The first-order valence-electron chi connectivity index (χ1n) is 17.2. The Balaban J connectivity index is 1.23. The van der Waals surface area contributed by atoms with Crippen LogP contribution in [0.4, 0.5) is 28.4 Å². The van der Waals surface area contributed by atoms with Crippen molar-refractivity contribution in [1.82, 2.24) is 0 Å². The molecule has 4 aromatic rings. The second-order valence-corrected chi connectivity index (χ2v) is 18.1. The SMILES string of the molecule is C[C@@H]1[C@@H]([Si](C)(C)O)[C@H](CCO)O[C@@]12C(=O)N(Cc1cccc(N3C(=O)COc4ccccc43)c1)c1ccc(N3C(=O)COc4ccccc43)cc12. The van der Waals surface area contributed by atoms with Gasteiger partial charge >= 0.3 is 0 Å². The molecule has 0 radical (unpaired) electrons. The van der Waals surface area contributed by atoms with Crippen molar-refractivity contribution < 1.29 is 38.5 Å². The van der Waals surface area contributed by atoms with Gasteiger partial charge in [0, 0.05) is 35.0 Å². The van der Waals surface area contributed by atoms with E-state index in [1.54, 1.807) is 14.7 Å². The predicted octanol–water partition coefficient (Wildman–Crippen LogP) is 5.53. The lowest BCUT2D eigenvalue weighted by atomic mass is 9.82. The van der Waals surface area contributed by atoms with E-state index in [1.165, 1.54) is 0 Å². The van der Waals surface area contributed by atoms with E-state index in [-0.39, 0.29) is 56.0 Å². The molecule has 2 N–H and O–H groups in total. The van der Waals surface area contributed by atoms with Gasteiger partial charge in [-0.25, -0.2) is 0 Å². The molecular weight excluding hydrogens is 667 g/mol. The predicted molar refractivity (Wildman–Crippen MR) is 193 cm³/mol. The molecule has 11 nitrogen and oxygen atoms in total. The van der Waals surface area contributed by atoms with Crippen molar-refractivity contribution >= 4 is 54.5 Å². The normalized spacial score (nSPS) is 24.0. The lowest BCUT2D eigenvalue weighted by molar-refractivity contribution is -0.146. The second-order valence-electron chi connectivity index (χ2n) is 14.1. The number of hydrogen-bond donors (Lipinski definition) is 2. The fourth-order valence-electron chi connectivity index (χ4n) is 8.51. The Bertz CT molecular complexity index is 2070. The third kappa shape index (κ3) is 5.24. The fraction of sp³-hybridized carbons (Fsp3) is 0.308. The summed E-state index contributed by atoms with van der Waals surface area (Å²) in [5, 5.41) is 10.1. The zero-order valence-electron chi connectivity index (χ0n) is 28.6. The number of carbonyl (C=O) groups excluding carboxylic acids is 3. The number of aliphatic hydroxyl groups excluding tert-OH is 1. The van der Waals surface area contributed by atoms with Gasteiger partial charge in [0.25, 0.3) is 17.7 Å². The van der Waals surface area contributed by atoms with Crippen molar-refractivity contribution in [3.63, 3.8) is 0 Å². The highest BCUT2D eigenvalue weighted by Gasteiger charge is 2.66. The molecular formula is C39H39N3O8Si. The largest absolute Gasteiger partial charge is 0.482 e. The number of aliphatic hydroxyl groups is 1. The minimum atomic E-state index is -2.93. The van der Waals surface area contributed by atoms with E-state index in [0.717, 1.165) is 5.56 Å². The number of anilines is 5. The van der Waals surface area contributed by atoms with Gasteiger partial charge in [0.1, 0.15) is 11.5 Å². The third-order valence-corrected chi connectivity index (χ3v) is 13.1. The van der Waals surface area contributed by atoms with Crippen LogP contribution in [-0.2, 0) is 31.3 Å². The number of hydrogen-bond acceptors (Lipinski definition) is 8. The van der Waals surface area contributed by atoms with E-state index in [2.05, 4.69) is 0 Å². The van der Waals surface area contributed by atoms with Gasteiger partial charge in [-0.1, -0.05) is 43.3 Å². The van der Waals surface area contributed by atoms with Gasteiger partial charge in [-0.3, -0.25) is 24.2 Å². The molecule has 0 bridgehead atoms. The van der Waals surface area contributed by atoms with E-state index in [0.29, 0.717) is 45.5 Å². The van der Waals surface area contributed by atoms with Gasteiger partial charge in [-0.2, -0.15) is 0 Å². The van der Waals surface area contributed by atoms with Crippen molar-refractivity contribution in [1.29, 1.82) is 0 Å². The van der Waals surface area contributed by atoms with Crippen molar-refractivity contribution in [2.45, 2.75) is 50.2 Å². The zero-order valence-corrected chi connectivity index (χ0v) is 29.6. The number of fused-ring (bicyclic) bond motifs is 4. The number of para-hydroxylation sites is 4. The van der Waals surface area contributed by atoms with Crippen LogP contribution in [0.1, 0.15) is 24.5 Å². The minimum Gasteiger partial charge on any atom is -0.482 e. The first kappa shape index (κ1) is 33.1. The summed E-state index contributed by atoms with van der Waals surface area (Å²) in [7, 11) is -2.93. The molecule has 0 aromatic heterocycles.